The van der Waals surface area contributed by atoms with Gasteiger partial charge in [0.1, 0.15) is 0 Å². The lowest BCUT2D eigenvalue weighted by atomic mass is 9.72. The SMILES string of the molecule is CCC1CCCCC1C(N)C1C2CCCCC21. The first kappa shape index (κ1) is 12.0. The molecule has 3 aliphatic rings. The Morgan fingerprint density at radius 2 is 1.53 bits per heavy atom. The molecule has 98 valence electrons. The first-order valence-corrected chi connectivity index (χ1v) is 8.08. The Bertz CT molecular complexity index is 250. The Morgan fingerprint density at radius 3 is 2.18 bits per heavy atom. The summed E-state index contributed by atoms with van der Waals surface area (Å²) < 4.78 is 0. The molecule has 0 radical (unpaired) electrons. The average molecular weight is 235 g/mol. The van der Waals surface area contributed by atoms with Crippen molar-refractivity contribution in [2.75, 3.05) is 0 Å². The fourth-order valence-corrected chi connectivity index (χ4v) is 5.15. The van der Waals surface area contributed by atoms with E-state index in [0.29, 0.717) is 6.04 Å². The van der Waals surface area contributed by atoms with Crippen LogP contribution in [0.4, 0.5) is 0 Å². The number of hydrogen-bond acceptors (Lipinski definition) is 1. The van der Waals surface area contributed by atoms with E-state index in [0.717, 1.165) is 29.6 Å². The van der Waals surface area contributed by atoms with Gasteiger partial charge < -0.3 is 5.73 Å². The van der Waals surface area contributed by atoms with Crippen LogP contribution in [0.2, 0.25) is 0 Å². The molecule has 3 aliphatic carbocycles. The minimum atomic E-state index is 0.549. The minimum Gasteiger partial charge on any atom is -0.327 e. The lowest BCUT2D eigenvalue weighted by Crippen LogP contribution is -2.39. The lowest BCUT2D eigenvalue weighted by Gasteiger charge is -2.35. The second kappa shape index (κ2) is 4.91. The smallest absolute Gasteiger partial charge is 0.0104 e. The molecule has 1 heteroatoms. The van der Waals surface area contributed by atoms with Crippen molar-refractivity contribution < 1.29 is 0 Å². The highest BCUT2D eigenvalue weighted by Gasteiger charge is 2.55. The van der Waals surface area contributed by atoms with Gasteiger partial charge >= 0.3 is 0 Å². The third-order valence-corrected chi connectivity index (χ3v) is 6.15. The Morgan fingerprint density at radius 1 is 0.941 bits per heavy atom. The molecule has 0 aliphatic heterocycles. The van der Waals surface area contributed by atoms with Crippen LogP contribution in [-0.4, -0.2) is 6.04 Å². The lowest BCUT2D eigenvalue weighted by molar-refractivity contribution is 0.179. The summed E-state index contributed by atoms with van der Waals surface area (Å²) in [5.74, 6) is 4.82. The Hall–Kier alpha value is -0.0400. The van der Waals surface area contributed by atoms with Crippen molar-refractivity contribution in [3.8, 4) is 0 Å². The largest absolute Gasteiger partial charge is 0.327 e. The summed E-state index contributed by atoms with van der Waals surface area (Å²) in [5.41, 5.74) is 6.68. The zero-order valence-corrected chi connectivity index (χ0v) is 11.4. The van der Waals surface area contributed by atoms with Gasteiger partial charge in [0.15, 0.2) is 0 Å². The first-order chi connectivity index (χ1) is 8.33. The number of nitrogens with two attached hydrogens (primary N) is 1. The highest BCUT2D eigenvalue weighted by molar-refractivity contribution is 5.06. The quantitative estimate of drug-likeness (QED) is 0.787. The molecular formula is C16H29N. The van der Waals surface area contributed by atoms with Crippen LogP contribution in [-0.2, 0) is 0 Å². The molecule has 0 bridgehead atoms. The van der Waals surface area contributed by atoms with Gasteiger partial charge in [0.2, 0.25) is 0 Å². The maximum absolute atomic E-state index is 6.68. The fraction of sp³-hybridized carbons (Fsp3) is 1.00. The van der Waals surface area contributed by atoms with E-state index in [1.165, 1.54) is 57.8 Å². The third kappa shape index (κ3) is 2.16. The van der Waals surface area contributed by atoms with E-state index < -0.39 is 0 Å². The number of rotatable bonds is 3. The van der Waals surface area contributed by atoms with Crippen LogP contribution in [0.15, 0.2) is 0 Å². The van der Waals surface area contributed by atoms with Gasteiger partial charge in [0.05, 0.1) is 0 Å². The van der Waals surface area contributed by atoms with Crippen molar-refractivity contribution in [3.63, 3.8) is 0 Å². The summed E-state index contributed by atoms with van der Waals surface area (Å²) in [6.45, 7) is 2.37. The molecule has 2 N–H and O–H groups in total. The number of fused-ring (bicyclic) bond motifs is 1. The molecule has 17 heavy (non-hydrogen) atoms. The van der Waals surface area contributed by atoms with Crippen molar-refractivity contribution in [3.05, 3.63) is 0 Å². The molecular weight excluding hydrogens is 206 g/mol. The Balaban J connectivity index is 1.63. The van der Waals surface area contributed by atoms with Gasteiger partial charge in [-0.2, -0.15) is 0 Å². The van der Waals surface area contributed by atoms with Gasteiger partial charge in [0, 0.05) is 6.04 Å². The highest BCUT2D eigenvalue weighted by atomic mass is 14.8. The second-order valence-corrected chi connectivity index (χ2v) is 6.88. The van der Waals surface area contributed by atoms with Gasteiger partial charge in [-0.25, -0.2) is 0 Å². The molecule has 0 aromatic rings. The molecule has 5 atom stereocenters. The molecule has 0 spiro atoms. The summed E-state index contributed by atoms with van der Waals surface area (Å²) >= 11 is 0. The second-order valence-electron chi connectivity index (χ2n) is 6.88. The monoisotopic (exact) mass is 235 g/mol. The van der Waals surface area contributed by atoms with E-state index in [9.17, 15) is 0 Å². The van der Waals surface area contributed by atoms with Crippen LogP contribution in [0.1, 0.15) is 64.7 Å². The van der Waals surface area contributed by atoms with Crippen LogP contribution in [0.25, 0.3) is 0 Å². The first-order valence-electron chi connectivity index (χ1n) is 8.08. The summed E-state index contributed by atoms with van der Waals surface area (Å²) in [7, 11) is 0. The van der Waals surface area contributed by atoms with Gasteiger partial charge in [-0.15, -0.1) is 0 Å². The highest BCUT2D eigenvalue weighted by Crippen LogP contribution is 2.58. The zero-order chi connectivity index (χ0) is 11.8. The van der Waals surface area contributed by atoms with Crippen LogP contribution < -0.4 is 5.73 Å². The molecule has 5 unspecified atom stereocenters. The summed E-state index contributed by atoms with van der Waals surface area (Å²) in [6, 6.07) is 0.549. The van der Waals surface area contributed by atoms with Crippen molar-refractivity contribution in [2.45, 2.75) is 70.8 Å². The summed E-state index contributed by atoms with van der Waals surface area (Å²) in [4.78, 5) is 0. The number of hydrogen-bond donors (Lipinski definition) is 1. The maximum Gasteiger partial charge on any atom is 0.0104 e. The molecule has 0 aromatic carbocycles. The minimum absolute atomic E-state index is 0.549. The van der Waals surface area contributed by atoms with E-state index in [1.54, 1.807) is 0 Å². The van der Waals surface area contributed by atoms with E-state index >= 15 is 0 Å². The topological polar surface area (TPSA) is 26.0 Å². The third-order valence-electron chi connectivity index (χ3n) is 6.15. The molecule has 0 aromatic heterocycles. The van der Waals surface area contributed by atoms with Crippen molar-refractivity contribution in [1.82, 2.24) is 0 Å². The van der Waals surface area contributed by atoms with Gasteiger partial charge in [-0.1, -0.05) is 45.4 Å². The van der Waals surface area contributed by atoms with Crippen LogP contribution in [0.3, 0.4) is 0 Å². The predicted molar refractivity (Wildman–Crippen MR) is 72.7 cm³/mol. The molecule has 0 heterocycles. The molecule has 3 rings (SSSR count). The van der Waals surface area contributed by atoms with Crippen molar-refractivity contribution in [2.24, 2.45) is 35.3 Å². The van der Waals surface area contributed by atoms with Crippen LogP contribution in [0.5, 0.6) is 0 Å². The molecule has 1 nitrogen and oxygen atoms in total. The summed E-state index contributed by atoms with van der Waals surface area (Å²) in [6.07, 6.45) is 13.1. The van der Waals surface area contributed by atoms with Crippen molar-refractivity contribution >= 4 is 0 Å². The molecule has 3 saturated carbocycles. The van der Waals surface area contributed by atoms with Crippen molar-refractivity contribution in [1.29, 1.82) is 0 Å². The van der Waals surface area contributed by atoms with E-state index in [1.807, 2.05) is 0 Å². The standard InChI is InChI=1S/C16H29N/c1-2-11-7-3-4-8-12(11)16(17)15-13-9-5-6-10-14(13)15/h11-16H,2-10,17H2,1H3. The van der Waals surface area contributed by atoms with Crippen LogP contribution in [0, 0.1) is 29.6 Å². The normalized spacial score (nSPS) is 47.3. The fourth-order valence-electron chi connectivity index (χ4n) is 5.15. The predicted octanol–water partition coefficient (Wildman–Crippen LogP) is 3.97. The molecule has 3 fully saturated rings. The van der Waals surface area contributed by atoms with Gasteiger partial charge in [-0.05, 0) is 48.9 Å². The Kier molecular flexibility index (Phi) is 3.47. The maximum atomic E-state index is 6.68. The van der Waals surface area contributed by atoms with E-state index in [-0.39, 0.29) is 0 Å². The molecule has 0 saturated heterocycles. The zero-order valence-electron chi connectivity index (χ0n) is 11.4. The average Bonchev–Trinajstić information content (AvgIpc) is 3.12. The van der Waals surface area contributed by atoms with Crippen LogP contribution >= 0.6 is 0 Å². The van der Waals surface area contributed by atoms with Gasteiger partial charge in [0.25, 0.3) is 0 Å². The van der Waals surface area contributed by atoms with E-state index in [4.69, 9.17) is 5.73 Å². The van der Waals surface area contributed by atoms with Gasteiger partial charge in [-0.3, -0.25) is 0 Å². The molecule has 0 amide bonds. The summed E-state index contributed by atoms with van der Waals surface area (Å²) in [5, 5.41) is 0. The van der Waals surface area contributed by atoms with E-state index in [2.05, 4.69) is 6.92 Å². The Labute approximate surface area is 107 Å².